The number of aliphatic hydroxyl groups is 2. The van der Waals surface area contributed by atoms with Crippen LogP contribution < -0.4 is 0 Å². The quantitative estimate of drug-likeness (QED) is 0.425. The molecular formula is C4H9O2S4-. The Morgan fingerprint density at radius 2 is 1.80 bits per heavy atom. The van der Waals surface area contributed by atoms with Gasteiger partial charge in [-0.2, -0.15) is 12.6 Å². The summed E-state index contributed by atoms with van der Waals surface area (Å²) in [6.45, 7) is 0. The van der Waals surface area contributed by atoms with Crippen molar-refractivity contribution in [1.29, 1.82) is 0 Å². The van der Waals surface area contributed by atoms with Gasteiger partial charge in [-0.05, 0) is 0 Å². The van der Waals surface area contributed by atoms with Crippen LogP contribution in [0, 0.1) is 0 Å². The highest BCUT2D eigenvalue weighted by molar-refractivity contribution is 8.46. The molecule has 62 valence electrons. The van der Waals surface area contributed by atoms with Crippen LogP contribution in [0.15, 0.2) is 0 Å². The molecule has 0 heterocycles. The van der Waals surface area contributed by atoms with Crippen LogP contribution >= 0.6 is 12.6 Å². The van der Waals surface area contributed by atoms with Crippen molar-refractivity contribution in [3.63, 3.8) is 0 Å². The van der Waals surface area contributed by atoms with Gasteiger partial charge in [-0.15, -0.1) is 0 Å². The molecule has 2 N–H and O–H groups in total. The van der Waals surface area contributed by atoms with Crippen molar-refractivity contribution in [1.82, 2.24) is 0 Å². The summed E-state index contributed by atoms with van der Waals surface area (Å²) in [5.41, 5.74) is 0. The summed E-state index contributed by atoms with van der Waals surface area (Å²) >= 11 is 13.1. The van der Waals surface area contributed by atoms with Crippen LogP contribution in [0.3, 0.4) is 0 Å². The predicted octanol–water partition coefficient (Wildman–Crippen LogP) is -0.820. The topological polar surface area (TPSA) is 40.5 Å². The molecule has 0 saturated carbocycles. The molecule has 2 nitrogen and oxygen atoms in total. The molecule has 0 aliphatic heterocycles. The maximum atomic E-state index is 9.06. The minimum Gasteiger partial charge on any atom is -0.392 e. The summed E-state index contributed by atoms with van der Waals surface area (Å²) in [5, 5.41) is 18.0. The summed E-state index contributed by atoms with van der Waals surface area (Å²) in [5.74, 6) is 0.537. The van der Waals surface area contributed by atoms with Crippen molar-refractivity contribution < 1.29 is 10.2 Å². The Balaban J connectivity index is 3.71. The molecule has 0 spiro atoms. The van der Waals surface area contributed by atoms with Crippen LogP contribution in [0.2, 0.25) is 0 Å². The SMILES string of the molecule is O[C@H](CS)[C@H](O)C[S-](=S)=S. The Hall–Kier alpha value is 1.06. The monoisotopic (exact) mass is 217 g/mol. The second-order valence-corrected chi connectivity index (χ2v) is 6.14. The van der Waals surface area contributed by atoms with E-state index in [1.807, 2.05) is 0 Å². The van der Waals surface area contributed by atoms with Gasteiger partial charge in [0.1, 0.15) is 0 Å². The van der Waals surface area contributed by atoms with Gasteiger partial charge in [0, 0.05) is 5.75 Å². The third kappa shape index (κ3) is 4.81. The van der Waals surface area contributed by atoms with E-state index in [-0.39, 0.29) is 5.75 Å². The summed E-state index contributed by atoms with van der Waals surface area (Å²) in [4.78, 5) is 0. The number of hydrogen-bond donors (Lipinski definition) is 3. The van der Waals surface area contributed by atoms with Crippen LogP contribution in [0.25, 0.3) is 0 Å². The summed E-state index contributed by atoms with van der Waals surface area (Å²) in [7, 11) is -0.645. The average molecular weight is 217 g/mol. The number of thiol groups is 1. The lowest BCUT2D eigenvalue weighted by atomic mass is 10.3. The van der Waals surface area contributed by atoms with E-state index < -0.39 is 20.2 Å². The van der Waals surface area contributed by atoms with Crippen LogP contribution in [0.4, 0.5) is 0 Å². The zero-order valence-electron chi connectivity index (χ0n) is 5.14. The highest BCUT2D eigenvalue weighted by atomic mass is 33.1. The highest BCUT2D eigenvalue weighted by Gasteiger charge is 2.09. The molecule has 10 heavy (non-hydrogen) atoms. The van der Waals surface area contributed by atoms with Crippen LogP contribution in [0.1, 0.15) is 0 Å². The first kappa shape index (κ1) is 11.1. The second-order valence-electron chi connectivity index (χ2n) is 1.79. The van der Waals surface area contributed by atoms with E-state index in [1.54, 1.807) is 0 Å². The van der Waals surface area contributed by atoms with E-state index in [1.165, 1.54) is 0 Å². The van der Waals surface area contributed by atoms with Crippen molar-refractivity contribution in [2.45, 2.75) is 12.2 Å². The highest BCUT2D eigenvalue weighted by Crippen LogP contribution is 1.95. The fraction of sp³-hybridized carbons (Fsp3) is 1.00. The lowest BCUT2D eigenvalue weighted by molar-refractivity contribution is 0.0502. The molecular weight excluding hydrogens is 208 g/mol. The van der Waals surface area contributed by atoms with Gasteiger partial charge in [0.2, 0.25) is 0 Å². The standard InChI is InChI=1S/C4H9O2S4/c5-3(1-7)4(6)2-10(8)9/h3-7H,1-2H2/q-1/t3-,4-/m1/s1. The Morgan fingerprint density at radius 3 is 2.10 bits per heavy atom. The van der Waals surface area contributed by atoms with Crippen molar-refractivity contribution in [2.75, 3.05) is 11.5 Å². The molecule has 6 heteroatoms. The molecule has 2 atom stereocenters. The summed E-state index contributed by atoms with van der Waals surface area (Å²) < 4.78 is 0. The molecule has 0 saturated heterocycles. The van der Waals surface area contributed by atoms with E-state index in [0.717, 1.165) is 0 Å². The van der Waals surface area contributed by atoms with Gasteiger partial charge in [0.15, 0.2) is 0 Å². The lowest BCUT2D eigenvalue weighted by Gasteiger charge is -2.17. The minimum absolute atomic E-state index is 0.239. The maximum Gasteiger partial charge on any atom is 0.0869 e. The van der Waals surface area contributed by atoms with Crippen molar-refractivity contribution in [3.8, 4) is 0 Å². The molecule has 0 radical (unpaired) electrons. The van der Waals surface area contributed by atoms with Gasteiger partial charge >= 0.3 is 0 Å². The van der Waals surface area contributed by atoms with Gasteiger partial charge in [-0.3, -0.25) is 22.4 Å². The fourth-order valence-corrected chi connectivity index (χ4v) is 1.95. The Labute approximate surface area is 76.9 Å². The first-order valence-corrected chi connectivity index (χ1v) is 6.48. The van der Waals surface area contributed by atoms with Crippen LogP contribution in [-0.4, -0.2) is 33.9 Å². The van der Waals surface area contributed by atoms with E-state index >= 15 is 0 Å². The summed E-state index contributed by atoms with van der Waals surface area (Å²) in [6.07, 6.45) is -1.61. The first-order chi connectivity index (χ1) is 4.57. The van der Waals surface area contributed by atoms with Crippen molar-refractivity contribution in [2.24, 2.45) is 0 Å². The molecule has 0 rings (SSSR count). The Bertz CT molecular complexity index is 147. The Kier molecular flexibility index (Phi) is 6.28. The number of aliphatic hydroxyl groups excluding tert-OH is 2. The predicted molar refractivity (Wildman–Crippen MR) is 52.8 cm³/mol. The zero-order valence-corrected chi connectivity index (χ0v) is 8.48. The third-order valence-corrected chi connectivity index (χ3v) is 2.74. The molecule has 0 aliphatic carbocycles. The first-order valence-electron chi connectivity index (χ1n) is 2.60. The Morgan fingerprint density at radius 1 is 1.30 bits per heavy atom. The van der Waals surface area contributed by atoms with E-state index in [0.29, 0.717) is 5.75 Å². The van der Waals surface area contributed by atoms with Gasteiger partial charge in [0.05, 0.1) is 12.2 Å². The van der Waals surface area contributed by atoms with Gasteiger partial charge in [0.25, 0.3) is 0 Å². The maximum absolute atomic E-state index is 9.06. The number of hydrogen-bond acceptors (Lipinski definition) is 6. The van der Waals surface area contributed by atoms with E-state index in [4.69, 9.17) is 10.2 Å². The molecule has 0 aromatic heterocycles. The molecule has 0 aromatic carbocycles. The zero-order chi connectivity index (χ0) is 8.15. The van der Waals surface area contributed by atoms with Gasteiger partial charge in [-0.25, -0.2) is 0 Å². The molecule has 0 unspecified atom stereocenters. The van der Waals surface area contributed by atoms with Crippen LogP contribution in [0.5, 0.6) is 0 Å². The normalized spacial score (nSPS) is 17.2. The molecule has 0 amide bonds. The van der Waals surface area contributed by atoms with Crippen molar-refractivity contribution in [3.05, 3.63) is 0 Å². The van der Waals surface area contributed by atoms with Gasteiger partial charge < -0.3 is 18.2 Å². The van der Waals surface area contributed by atoms with Crippen LogP contribution in [-0.2, 0) is 30.4 Å². The lowest BCUT2D eigenvalue weighted by Crippen LogP contribution is -2.30. The van der Waals surface area contributed by atoms with E-state index in [2.05, 4.69) is 35.0 Å². The minimum atomic E-state index is -0.809. The van der Waals surface area contributed by atoms with Crippen molar-refractivity contribution >= 4 is 43.0 Å². The molecule has 0 fully saturated rings. The number of rotatable bonds is 4. The largest absolute Gasteiger partial charge is 0.392 e. The summed E-state index contributed by atoms with van der Waals surface area (Å²) in [6, 6.07) is 0. The van der Waals surface area contributed by atoms with Gasteiger partial charge in [-0.1, -0.05) is 5.75 Å². The second kappa shape index (κ2) is 5.68. The fourth-order valence-electron chi connectivity index (χ4n) is 0.372. The molecule has 0 aromatic rings. The smallest absolute Gasteiger partial charge is 0.0869 e. The van der Waals surface area contributed by atoms with E-state index in [9.17, 15) is 0 Å². The molecule has 0 aliphatic rings. The average Bonchev–Trinajstić information content (AvgIpc) is 1.85. The third-order valence-electron chi connectivity index (χ3n) is 0.938. The molecule has 0 bridgehead atoms.